The Labute approximate surface area is 116 Å². The summed E-state index contributed by atoms with van der Waals surface area (Å²) < 4.78 is 18.0. The third-order valence-corrected chi connectivity index (χ3v) is 2.71. The van der Waals surface area contributed by atoms with Gasteiger partial charge < -0.3 is 15.8 Å². The molecule has 2 aromatic rings. The van der Waals surface area contributed by atoms with Crippen LogP contribution in [0.15, 0.2) is 42.5 Å². The second-order valence-corrected chi connectivity index (χ2v) is 4.37. The highest BCUT2D eigenvalue weighted by Gasteiger charge is 2.06. The Morgan fingerprint density at radius 1 is 1.25 bits per heavy atom. The number of anilines is 2. The van der Waals surface area contributed by atoms with Crippen molar-refractivity contribution in [1.82, 2.24) is 0 Å². The topological polar surface area (TPSA) is 64.3 Å². The summed E-state index contributed by atoms with van der Waals surface area (Å²) in [5, 5.41) is 2.73. The summed E-state index contributed by atoms with van der Waals surface area (Å²) in [6, 6.07) is 10.7. The quantitative estimate of drug-likeness (QED) is 0.842. The number of nitrogen functional groups attached to an aromatic ring is 1. The molecule has 2 rings (SSSR count). The van der Waals surface area contributed by atoms with Crippen LogP contribution in [0.1, 0.15) is 5.56 Å². The monoisotopic (exact) mass is 274 g/mol. The largest absolute Gasteiger partial charge is 0.484 e. The van der Waals surface area contributed by atoms with Crippen molar-refractivity contribution in [3.63, 3.8) is 0 Å². The number of aryl methyl sites for hydroxylation is 1. The summed E-state index contributed by atoms with van der Waals surface area (Å²) in [6.07, 6.45) is 0. The molecule has 4 nitrogen and oxygen atoms in total. The third kappa shape index (κ3) is 3.71. The van der Waals surface area contributed by atoms with Gasteiger partial charge in [-0.1, -0.05) is 0 Å². The summed E-state index contributed by atoms with van der Waals surface area (Å²) >= 11 is 0. The number of halogens is 1. The van der Waals surface area contributed by atoms with Crippen molar-refractivity contribution in [3.05, 3.63) is 53.8 Å². The first kappa shape index (κ1) is 13.9. The van der Waals surface area contributed by atoms with Gasteiger partial charge in [0.25, 0.3) is 5.91 Å². The van der Waals surface area contributed by atoms with E-state index in [0.717, 1.165) is 5.56 Å². The molecule has 0 bridgehead atoms. The molecule has 20 heavy (non-hydrogen) atoms. The number of nitrogens with two attached hydrogens (primary N) is 1. The fourth-order valence-electron chi connectivity index (χ4n) is 1.69. The lowest BCUT2D eigenvalue weighted by Gasteiger charge is -2.10. The second kappa shape index (κ2) is 6.06. The van der Waals surface area contributed by atoms with Crippen LogP contribution >= 0.6 is 0 Å². The van der Waals surface area contributed by atoms with E-state index >= 15 is 0 Å². The molecule has 0 aliphatic heterocycles. The van der Waals surface area contributed by atoms with Crippen LogP contribution in [0.2, 0.25) is 0 Å². The van der Waals surface area contributed by atoms with Crippen molar-refractivity contribution in [1.29, 1.82) is 0 Å². The van der Waals surface area contributed by atoms with Gasteiger partial charge in [-0.2, -0.15) is 0 Å². The molecule has 0 spiro atoms. The summed E-state index contributed by atoms with van der Waals surface area (Å²) in [4.78, 5) is 11.7. The minimum Gasteiger partial charge on any atom is -0.484 e. The Balaban J connectivity index is 1.90. The molecule has 3 N–H and O–H groups in total. The van der Waals surface area contributed by atoms with Gasteiger partial charge in [0.05, 0.1) is 0 Å². The van der Waals surface area contributed by atoms with Crippen LogP contribution in [-0.2, 0) is 4.79 Å². The fourth-order valence-corrected chi connectivity index (χ4v) is 1.69. The van der Waals surface area contributed by atoms with Gasteiger partial charge >= 0.3 is 0 Å². The van der Waals surface area contributed by atoms with E-state index in [1.165, 1.54) is 24.3 Å². The minimum absolute atomic E-state index is 0.143. The average Bonchev–Trinajstić information content (AvgIpc) is 2.41. The van der Waals surface area contributed by atoms with Crippen LogP contribution in [0, 0.1) is 12.7 Å². The van der Waals surface area contributed by atoms with E-state index in [-0.39, 0.29) is 18.3 Å². The lowest BCUT2D eigenvalue weighted by atomic mass is 10.2. The zero-order chi connectivity index (χ0) is 14.5. The number of hydrogen-bond acceptors (Lipinski definition) is 3. The minimum atomic E-state index is -0.348. The maximum Gasteiger partial charge on any atom is 0.262 e. The number of amides is 1. The molecular formula is C15H15FN2O2. The van der Waals surface area contributed by atoms with E-state index in [4.69, 9.17) is 10.5 Å². The van der Waals surface area contributed by atoms with Gasteiger partial charge in [-0.25, -0.2) is 4.39 Å². The molecule has 0 radical (unpaired) electrons. The van der Waals surface area contributed by atoms with Crippen LogP contribution in [0.3, 0.4) is 0 Å². The number of carbonyl (C=O) groups excluding carboxylic acids is 1. The molecule has 0 aliphatic carbocycles. The van der Waals surface area contributed by atoms with Crippen molar-refractivity contribution < 1.29 is 13.9 Å². The summed E-state index contributed by atoms with van der Waals surface area (Å²) in [6.45, 7) is 1.71. The van der Waals surface area contributed by atoms with E-state index in [1.54, 1.807) is 18.2 Å². The molecule has 0 saturated heterocycles. The highest BCUT2D eigenvalue weighted by molar-refractivity contribution is 5.92. The predicted molar refractivity (Wildman–Crippen MR) is 76.1 cm³/mol. The number of rotatable bonds is 4. The van der Waals surface area contributed by atoms with Crippen LogP contribution in [0.25, 0.3) is 0 Å². The van der Waals surface area contributed by atoms with E-state index in [9.17, 15) is 9.18 Å². The van der Waals surface area contributed by atoms with Gasteiger partial charge in [-0.05, 0) is 55.0 Å². The first-order chi connectivity index (χ1) is 9.54. The lowest BCUT2D eigenvalue weighted by molar-refractivity contribution is -0.118. The van der Waals surface area contributed by atoms with Crippen molar-refractivity contribution in [3.8, 4) is 5.75 Å². The van der Waals surface area contributed by atoms with Crippen molar-refractivity contribution in [2.45, 2.75) is 6.92 Å². The van der Waals surface area contributed by atoms with E-state index in [2.05, 4.69) is 5.32 Å². The van der Waals surface area contributed by atoms with Crippen molar-refractivity contribution in [2.24, 2.45) is 0 Å². The number of carbonyl (C=O) groups is 1. The highest BCUT2D eigenvalue weighted by Crippen LogP contribution is 2.17. The van der Waals surface area contributed by atoms with Gasteiger partial charge in [0.1, 0.15) is 11.6 Å². The zero-order valence-corrected chi connectivity index (χ0v) is 11.0. The number of ether oxygens (including phenoxy) is 1. The van der Waals surface area contributed by atoms with E-state index < -0.39 is 0 Å². The first-order valence-corrected chi connectivity index (χ1v) is 6.09. The highest BCUT2D eigenvalue weighted by atomic mass is 19.1. The average molecular weight is 274 g/mol. The normalized spacial score (nSPS) is 10.1. The molecule has 0 atom stereocenters. The molecule has 0 saturated carbocycles. The van der Waals surface area contributed by atoms with Gasteiger partial charge in [0, 0.05) is 11.4 Å². The zero-order valence-electron chi connectivity index (χ0n) is 11.0. The maximum absolute atomic E-state index is 12.7. The van der Waals surface area contributed by atoms with Crippen LogP contribution in [-0.4, -0.2) is 12.5 Å². The molecule has 0 heterocycles. The Kier molecular flexibility index (Phi) is 4.20. The SMILES string of the molecule is Cc1cc(N)ccc1NC(=O)COc1ccc(F)cc1. The maximum atomic E-state index is 12.7. The molecule has 0 aromatic heterocycles. The van der Waals surface area contributed by atoms with Gasteiger partial charge in [-0.15, -0.1) is 0 Å². The summed E-state index contributed by atoms with van der Waals surface area (Å²) in [5.41, 5.74) is 7.84. The molecule has 0 aliphatic rings. The Bertz CT molecular complexity index is 612. The Morgan fingerprint density at radius 2 is 1.95 bits per heavy atom. The van der Waals surface area contributed by atoms with E-state index in [1.807, 2.05) is 6.92 Å². The second-order valence-electron chi connectivity index (χ2n) is 4.37. The molecular weight excluding hydrogens is 259 g/mol. The number of nitrogens with one attached hydrogen (secondary N) is 1. The van der Waals surface area contributed by atoms with Crippen molar-refractivity contribution in [2.75, 3.05) is 17.7 Å². The number of hydrogen-bond donors (Lipinski definition) is 2. The molecule has 0 unspecified atom stereocenters. The van der Waals surface area contributed by atoms with Gasteiger partial charge in [0.2, 0.25) is 0 Å². The van der Waals surface area contributed by atoms with Crippen LogP contribution < -0.4 is 15.8 Å². The predicted octanol–water partition coefficient (Wildman–Crippen LogP) is 2.73. The van der Waals surface area contributed by atoms with Crippen LogP contribution in [0.5, 0.6) is 5.75 Å². The van der Waals surface area contributed by atoms with Crippen molar-refractivity contribution >= 4 is 17.3 Å². The number of benzene rings is 2. The first-order valence-electron chi connectivity index (χ1n) is 6.09. The van der Waals surface area contributed by atoms with E-state index in [0.29, 0.717) is 17.1 Å². The Hall–Kier alpha value is -2.56. The molecule has 0 fully saturated rings. The Morgan fingerprint density at radius 3 is 2.60 bits per heavy atom. The smallest absolute Gasteiger partial charge is 0.262 e. The molecule has 5 heteroatoms. The summed E-state index contributed by atoms with van der Waals surface area (Å²) in [5.74, 6) is -0.197. The molecule has 1 amide bonds. The molecule has 104 valence electrons. The van der Waals surface area contributed by atoms with Gasteiger partial charge in [0.15, 0.2) is 6.61 Å². The summed E-state index contributed by atoms with van der Waals surface area (Å²) in [7, 11) is 0. The lowest BCUT2D eigenvalue weighted by Crippen LogP contribution is -2.20. The third-order valence-electron chi connectivity index (χ3n) is 2.71. The standard InChI is InChI=1S/C15H15FN2O2/c1-10-8-12(17)4-7-14(10)18-15(19)9-20-13-5-2-11(16)3-6-13/h2-8H,9,17H2,1H3,(H,18,19). The van der Waals surface area contributed by atoms with Crippen LogP contribution in [0.4, 0.5) is 15.8 Å². The fraction of sp³-hybridized carbons (Fsp3) is 0.133. The molecule has 2 aromatic carbocycles. The van der Waals surface area contributed by atoms with Gasteiger partial charge in [-0.3, -0.25) is 4.79 Å².